The molecule has 104 valence electrons. The van der Waals surface area contributed by atoms with Crippen LogP contribution in [0.4, 0.5) is 0 Å². The molecule has 2 bridgehead atoms. The van der Waals surface area contributed by atoms with E-state index in [4.69, 9.17) is 14.5 Å². The molecular weight excluding hydrogens is 251 g/mol. The van der Waals surface area contributed by atoms with Gasteiger partial charge in [0.15, 0.2) is 0 Å². The van der Waals surface area contributed by atoms with Crippen LogP contribution >= 0.6 is 7.60 Å². The lowest BCUT2D eigenvalue weighted by molar-refractivity contribution is 0.0879. The second-order valence-corrected chi connectivity index (χ2v) is 7.34. The summed E-state index contributed by atoms with van der Waals surface area (Å²) in [7, 11) is -3.79. The predicted molar refractivity (Wildman–Crippen MR) is 70.4 cm³/mol. The molecule has 1 saturated carbocycles. The van der Waals surface area contributed by atoms with Gasteiger partial charge in [0.1, 0.15) is 0 Å². The summed E-state index contributed by atoms with van der Waals surface area (Å²) < 4.78 is 16.3. The van der Waals surface area contributed by atoms with Crippen molar-refractivity contribution in [3.63, 3.8) is 0 Å². The average Bonchev–Trinajstić information content (AvgIpc) is 2.88. The fraction of sp³-hybridized carbons (Fsp3) is 0.846. The Balaban J connectivity index is 1.45. The summed E-state index contributed by atoms with van der Waals surface area (Å²) in [4.78, 5) is 17.4. The third-order valence-corrected chi connectivity index (χ3v) is 4.89. The van der Waals surface area contributed by atoms with Crippen LogP contribution in [0.2, 0.25) is 0 Å². The SMILES string of the molecule is O=P(O)(O)CCCCCOCC1CC2C=CC1C2. The number of rotatable bonds is 8. The van der Waals surface area contributed by atoms with Gasteiger partial charge in [-0.15, -0.1) is 0 Å². The molecule has 5 heteroatoms. The lowest BCUT2D eigenvalue weighted by atomic mass is 9.95. The number of unbranched alkanes of at least 4 members (excludes halogenated alkanes) is 2. The summed E-state index contributed by atoms with van der Waals surface area (Å²) in [5.41, 5.74) is 0. The highest BCUT2D eigenvalue weighted by Crippen LogP contribution is 2.43. The molecule has 0 aromatic carbocycles. The minimum atomic E-state index is -3.79. The molecule has 0 saturated heterocycles. The number of allylic oxidation sites excluding steroid dienone is 2. The van der Waals surface area contributed by atoms with Crippen molar-refractivity contribution in [3.8, 4) is 0 Å². The molecule has 3 unspecified atom stereocenters. The first-order valence-electron chi connectivity index (χ1n) is 6.85. The molecule has 0 amide bonds. The largest absolute Gasteiger partial charge is 0.381 e. The van der Waals surface area contributed by atoms with E-state index in [1.165, 1.54) is 12.8 Å². The van der Waals surface area contributed by atoms with Crippen molar-refractivity contribution < 1.29 is 19.1 Å². The Kier molecular flexibility index (Phi) is 5.02. The van der Waals surface area contributed by atoms with Crippen molar-refractivity contribution in [3.05, 3.63) is 12.2 Å². The third-order valence-electron chi connectivity index (χ3n) is 3.99. The summed E-state index contributed by atoms with van der Waals surface area (Å²) in [6, 6.07) is 0. The van der Waals surface area contributed by atoms with Gasteiger partial charge in [-0.25, -0.2) is 0 Å². The van der Waals surface area contributed by atoms with Crippen molar-refractivity contribution in [2.45, 2.75) is 32.1 Å². The molecule has 0 heterocycles. The number of hydrogen-bond acceptors (Lipinski definition) is 2. The fourth-order valence-electron chi connectivity index (χ4n) is 3.02. The summed E-state index contributed by atoms with van der Waals surface area (Å²) in [6.07, 6.45) is 9.59. The van der Waals surface area contributed by atoms with E-state index in [9.17, 15) is 4.57 Å². The van der Waals surface area contributed by atoms with Crippen molar-refractivity contribution >= 4 is 7.60 Å². The highest BCUT2D eigenvalue weighted by atomic mass is 31.2. The highest BCUT2D eigenvalue weighted by molar-refractivity contribution is 7.51. The van der Waals surface area contributed by atoms with Crippen LogP contribution in [0.25, 0.3) is 0 Å². The summed E-state index contributed by atoms with van der Waals surface area (Å²) in [6.45, 7) is 1.57. The maximum Gasteiger partial charge on any atom is 0.325 e. The number of hydrogen-bond donors (Lipinski definition) is 2. The van der Waals surface area contributed by atoms with E-state index in [1.54, 1.807) is 0 Å². The Labute approximate surface area is 109 Å². The van der Waals surface area contributed by atoms with E-state index in [-0.39, 0.29) is 6.16 Å². The Morgan fingerprint density at radius 3 is 2.61 bits per heavy atom. The topological polar surface area (TPSA) is 66.8 Å². The Hall–Kier alpha value is -0.150. The minimum absolute atomic E-state index is 0.00414. The molecule has 2 aliphatic carbocycles. The van der Waals surface area contributed by atoms with E-state index in [0.717, 1.165) is 37.9 Å². The van der Waals surface area contributed by atoms with Gasteiger partial charge < -0.3 is 14.5 Å². The fourth-order valence-corrected chi connectivity index (χ4v) is 3.66. The Morgan fingerprint density at radius 2 is 2.00 bits per heavy atom. The van der Waals surface area contributed by atoms with E-state index in [2.05, 4.69) is 12.2 Å². The van der Waals surface area contributed by atoms with Crippen LogP contribution in [0.3, 0.4) is 0 Å². The standard InChI is InChI=1S/C13H23O4P/c14-18(15,16)7-3-1-2-6-17-10-13-9-11-4-5-12(13)8-11/h4-5,11-13H,1-3,6-10H2,(H2,14,15,16). The molecular formula is C13H23O4P. The van der Waals surface area contributed by atoms with Crippen LogP contribution in [0.15, 0.2) is 12.2 Å². The van der Waals surface area contributed by atoms with E-state index in [0.29, 0.717) is 12.3 Å². The quantitative estimate of drug-likeness (QED) is 0.405. The first-order chi connectivity index (χ1) is 8.54. The van der Waals surface area contributed by atoms with E-state index >= 15 is 0 Å². The third kappa shape index (κ3) is 4.51. The van der Waals surface area contributed by atoms with Gasteiger partial charge in [0.2, 0.25) is 0 Å². The maximum atomic E-state index is 10.6. The Bertz CT molecular complexity index is 336. The first-order valence-corrected chi connectivity index (χ1v) is 8.65. The van der Waals surface area contributed by atoms with Crippen molar-refractivity contribution in [1.29, 1.82) is 0 Å². The van der Waals surface area contributed by atoms with Gasteiger partial charge in [0, 0.05) is 19.4 Å². The molecule has 0 aliphatic heterocycles. The molecule has 0 radical (unpaired) electrons. The summed E-state index contributed by atoms with van der Waals surface area (Å²) in [5, 5.41) is 0. The van der Waals surface area contributed by atoms with Crippen LogP contribution in [-0.2, 0) is 9.30 Å². The average molecular weight is 274 g/mol. The van der Waals surface area contributed by atoms with E-state index in [1.807, 2.05) is 0 Å². The normalized spacial score (nSPS) is 30.2. The zero-order chi connectivity index (χ0) is 13.0. The maximum absolute atomic E-state index is 10.6. The molecule has 2 aliphatic rings. The molecule has 0 aromatic rings. The molecule has 18 heavy (non-hydrogen) atoms. The smallest absolute Gasteiger partial charge is 0.325 e. The van der Waals surface area contributed by atoms with Crippen LogP contribution in [0.5, 0.6) is 0 Å². The molecule has 0 spiro atoms. The summed E-state index contributed by atoms with van der Waals surface area (Å²) >= 11 is 0. The zero-order valence-corrected chi connectivity index (χ0v) is 11.6. The highest BCUT2D eigenvalue weighted by Gasteiger charge is 2.35. The van der Waals surface area contributed by atoms with Crippen LogP contribution in [-0.4, -0.2) is 29.2 Å². The predicted octanol–water partition coefficient (Wildman–Crippen LogP) is 2.56. The zero-order valence-electron chi connectivity index (χ0n) is 10.7. The van der Waals surface area contributed by atoms with Crippen LogP contribution in [0.1, 0.15) is 32.1 Å². The lowest BCUT2D eigenvalue weighted by Crippen LogP contribution is -2.14. The molecule has 0 aromatic heterocycles. The first kappa shape index (κ1) is 14.3. The van der Waals surface area contributed by atoms with Crippen molar-refractivity contribution in [1.82, 2.24) is 0 Å². The van der Waals surface area contributed by atoms with Crippen molar-refractivity contribution in [2.24, 2.45) is 17.8 Å². The summed E-state index contributed by atoms with van der Waals surface area (Å²) in [5.74, 6) is 2.24. The lowest BCUT2D eigenvalue weighted by Gasteiger charge is -2.17. The molecule has 3 atom stereocenters. The van der Waals surface area contributed by atoms with Gasteiger partial charge in [0.25, 0.3) is 0 Å². The second-order valence-electron chi connectivity index (χ2n) is 5.56. The van der Waals surface area contributed by atoms with Crippen LogP contribution in [0, 0.1) is 17.8 Å². The Morgan fingerprint density at radius 1 is 1.17 bits per heavy atom. The van der Waals surface area contributed by atoms with Gasteiger partial charge in [-0.05, 0) is 43.4 Å². The molecule has 2 N–H and O–H groups in total. The molecule has 1 fully saturated rings. The minimum Gasteiger partial charge on any atom is -0.381 e. The number of fused-ring (bicyclic) bond motifs is 2. The van der Waals surface area contributed by atoms with Gasteiger partial charge >= 0.3 is 7.60 Å². The van der Waals surface area contributed by atoms with Gasteiger partial charge in [-0.2, -0.15) is 0 Å². The van der Waals surface area contributed by atoms with E-state index < -0.39 is 7.60 Å². The molecule has 4 nitrogen and oxygen atoms in total. The second kappa shape index (κ2) is 6.33. The van der Waals surface area contributed by atoms with Gasteiger partial charge in [0.05, 0.1) is 0 Å². The van der Waals surface area contributed by atoms with Crippen molar-refractivity contribution in [2.75, 3.05) is 19.4 Å². The molecule has 2 rings (SSSR count). The van der Waals surface area contributed by atoms with Crippen LogP contribution < -0.4 is 0 Å². The number of ether oxygens (including phenoxy) is 1. The van der Waals surface area contributed by atoms with Gasteiger partial charge in [-0.3, -0.25) is 4.57 Å². The monoisotopic (exact) mass is 274 g/mol. The van der Waals surface area contributed by atoms with Gasteiger partial charge in [-0.1, -0.05) is 18.6 Å².